The summed E-state index contributed by atoms with van der Waals surface area (Å²) in [4.78, 5) is 17.2. The number of hydrogen-bond acceptors (Lipinski definition) is 6. The van der Waals surface area contributed by atoms with Crippen LogP contribution in [0.5, 0.6) is 0 Å². The van der Waals surface area contributed by atoms with Gasteiger partial charge in [-0.3, -0.25) is 9.79 Å². The van der Waals surface area contributed by atoms with Gasteiger partial charge in [0.1, 0.15) is 0 Å². The Morgan fingerprint density at radius 3 is 2.49 bits per heavy atom. The number of benzene rings is 3. The minimum Gasteiger partial charge on any atom is -0.356 e. The average molecular weight is 492 g/mol. The molecule has 4 N–H and O–H groups in total. The molecule has 0 radical (unpaired) electrons. The van der Waals surface area contributed by atoms with Gasteiger partial charge in [0.2, 0.25) is 10.0 Å². The second kappa shape index (κ2) is 11.2. The molecule has 3 aromatic rings. The molecule has 1 aliphatic heterocycles. The summed E-state index contributed by atoms with van der Waals surface area (Å²) in [7, 11) is -3.64. The van der Waals surface area contributed by atoms with E-state index in [1.165, 1.54) is 12.1 Å². The van der Waals surface area contributed by atoms with E-state index >= 15 is 0 Å². The molecule has 1 atom stereocenters. The Kier molecular flexibility index (Phi) is 7.79. The molecule has 8 nitrogen and oxygen atoms in total. The molecule has 1 amide bonds. The Labute approximate surface area is 205 Å². The number of nitrogens with zero attached hydrogens (tertiary/aromatic N) is 1. The highest BCUT2D eigenvalue weighted by atomic mass is 32.2. The van der Waals surface area contributed by atoms with E-state index in [4.69, 9.17) is 0 Å². The van der Waals surface area contributed by atoms with Gasteiger partial charge in [0.05, 0.1) is 4.90 Å². The summed E-state index contributed by atoms with van der Waals surface area (Å²) in [6, 6.07) is 23.0. The van der Waals surface area contributed by atoms with Crippen LogP contribution in [0.1, 0.15) is 23.7 Å². The fourth-order valence-electron chi connectivity index (χ4n) is 3.67. The highest BCUT2D eigenvalue weighted by Crippen LogP contribution is 2.23. The van der Waals surface area contributed by atoms with Crippen molar-refractivity contribution in [1.29, 1.82) is 0 Å². The molecule has 182 valence electrons. The van der Waals surface area contributed by atoms with Crippen LogP contribution in [-0.4, -0.2) is 46.0 Å². The van der Waals surface area contributed by atoms with Gasteiger partial charge in [0.25, 0.3) is 5.91 Å². The zero-order valence-electron chi connectivity index (χ0n) is 19.5. The molecular weight excluding hydrogens is 462 g/mol. The van der Waals surface area contributed by atoms with Crippen molar-refractivity contribution in [2.24, 2.45) is 4.99 Å². The van der Waals surface area contributed by atoms with Crippen LogP contribution in [0.25, 0.3) is 11.1 Å². The first-order valence-electron chi connectivity index (χ1n) is 11.5. The first kappa shape index (κ1) is 24.4. The number of hydrogen-bond donors (Lipinski definition) is 4. The summed E-state index contributed by atoms with van der Waals surface area (Å²) >= 11 is 0. The standard InChI is InChI=1S/C26H29N5O3S/c1-19(31-35(33,34)24-9-3-2-4-10-24)18-29-25(32)21-13-11-20(12-14-21)22-7-5-8-23(17-22)30-26-27-15-6-16-28-26/h2-5,7-14,17,19,31H,6,15-16,18H2,1H3,(H,29,32)(H2,27,28,30). The highest BCUT2D eigenvalue weighted by Gasteiger charge is 2.17. The summed E-state index contributed by atoms with van der Waals surface area (Å²) in [5, 5.41) is 9.33. The van der Waals surface area contributed by atoms with Crippen LogP contribution in [0.15, 0.2) is 88.8 Å². The molecule has 0 spiro atoms. The molecule has 4 rings (SSSR count). The van der Waals surface area contributed by atoms with Gasteiger partial charge in [-0.05, 0) is 60.9 Å². The quantitative estimate of drug-likeness (QED) is 0.387. The summed E-state index contributed by atoms with van der Waals surface area (Å²) in [5.74, 6) is 0.514. The van der Waals surface area contributed by atoms with E-state index in [1.54, 1.807) is 37.3 Å². The highest BCUT2D eigenvalue weighted by molar-refractivity contribution is 7.89. The van der Waals surface area contributed by atoms with Gasteiger partial charge in [-0.1, -0.05) is 42.5 Å². The van der Waals surface area contributed by atoms with Crippen LogP contribution in [0.3, 0.4) is 0 Å². The monoisotopic (exact) mass is 491 g/mol. The van der Waals surface area contributed by atoms with Crippen molar-refractivity contribution in [3.05, 3.63) is 84.4 Å². The lowest BCUT2D eigenvalue weighted by molar-refractivity contribution is 0.0951. The van der Waals surface area contributed by atoms with E-state index in [0.29, 0.717) is 5.56 Å². The lowest BCUT2D eigenvalue weighted by Crippen LogP contribution is -2.41. The first-order chi connectivity index (χ1) is 16.9. The molecule has 0 bridgehead atoms. The van der Waals surface area contributed by atoms with E-state index in [9.17, 15) is 13.2 Å². The van der Waals surface area contributed by atoms with Crippen molar-refractivity contribution in [1.82, 2.24) is 15.4 Å². The number of carbonyl (C=O) groups is 1. The number of guanidine groups is 1. The van der Waals surface area contributed by atoms with Crippen LogP contribution in [0.2, 0.25) is 0 Å². The largest absolute Gasteiger partial charge is 0.356 e. The van der Waals surface area contributed by atoms with E-state index in [1.807, 2.05) is 36.4 Å². The predicted molar refractivity (Wildman–Crippen MR) is 139 cm³/mol. The second-order valence-electron chi connectivity index (χ2n) is 8.34. The number of amides is 1. The molecule has 1 heterocycles. The lowest BCUT2D eigenvalue weighted by Gasteiger charge is -2.16. The van der Waals surface area contributed by atoms with E-state index in [2.05, 4.69) is 25.7 Å². The molecule has 0 saturated carbocycles. The van der Waals surface area contributed by atoms with Gasteiger partial charge in [-0.25, -0.2) is 13.1 Å². The molecule has 0 aliphatic carbocycles. The number of aliphatic imine (C=N–C) groups is 1. The Morgan fingerprint density at radius 1 is 1.00 bits per heavy atom. The topological polar surface area (TPSA) is 112 Å². The Hall–Kier alpha value is -3.69. The van der Waals surface area contributed by atoms with Crippen molar-refractivity contribution in [3.63, 3.8) is 0 Å². The number of nitrogens with one attached hydrogen (secondary N) is 4. The molecule has 1 aliphatic rings. The molecule has 1 unspecified atom stereocenters. The molecular formula is C26H29N5O3S. The van der Waals surface area contributed by atoms with Crippen molar-refractivity contribution >= 4 is 27.6 Å². The maximum absolute atomic E-state index is 12.6. The van der Waals surface area contributed by atoms with Crippen LogP contribution < -0.4 is 20.7 Å². The minimum atomic E-state index is -3.64. The van der Waals surface area contributed by atoms with Crippen molar-refractivity contribution in [2.75, 3.05) is 25.0 Å². The number of sulfonamides is 1. The Balaban J connectivity index is 1.33. The summed E-state index contributed by atoms with van der Waals surface area (Å²) in [6.45, 7) is 3.60. The Bertz CT molecular complexity index is 1290. The Morgan fingerprint density at radius 2 is 1.77 bits per heavy atom. The van der Waals surface area contributed by atoms with Crippen LogP contribution in [0.4, 0.5) is 5.69 Å². The van der Waals surface area contributed by atoms with Crippen molar-refractivity contribution < 1.29 is 13.2 Å². The maximum atomic E-state index is 12.6. The molecule has 0 fully saturated rings. The van der Waals surface area contributed by atoms with Gasteiger partial charge in [0, 0.05) is 36.9 Å². The van der Waals surface area contributed by atoms with Crippen LogP contribution >= 0.6 is 0 Å². The zero-order valence-corrected chi connectivity index (χ0v) is 20.3. The third kappa shape index (κ3) is 6.68. The number of anilines is 1. The van der Waals surface area contributed by atoms with Gasteiger partial charge in [0.15, 0.2) is 5.96 Å². The number of carbonyl (C=O) groups excluding carboxylic acids is 1. The van der Waals surface area contributed by atoms with Crippen molar-refractivity contribution in [3.8, 4) is 11.1 Å². The molecule has 3 aromatic carbocycles. The smallest absolute Gasteiger partial charge is 0.251 e. The molecule has 35 heavy (non-hydrogen) atoms. The van der Waals surface area contributed by atoms with E-state index in [-0.39, 0.29) is 17.3 Å². The van der Waals surface area contributed by atoms with Gasteiger partial charge in [-0.15, -0.1) is 0 Å². The summed E-state index contributed by atoms with van der Waals surface area (Å²) < 4.78 is 27.4. The average Bonchev–Trinajstić information content (AvgIpc) is 2.88. The normalized spacial score (nSPS) is 14.4. The van der Waals surface area contributed by atoms with Gasteiger partial charge in [-0.2, -0.15) is 0 Å². The van der Waals surface area contributed by atoms with Crippen molar-refractivity contribution in [2.45, 2.75) is 24.3 Å². The van der Waals surface area contributed by atoms with Gasteiger partial charge < -0.3 is 16.0 Å². The SMILES string of the molecule is CC(CNC(=O)c1ccc(-c2cccc(NC3=NCCCN3)c2)cc1)NS(=O)(=O)c1ccccc1. The molecule has 0 saturated heterocycles. The van der Waals surface area contributed by atoms with E-state index < -0.39 is 16.1 Å². The minimum absolute atomic E-state index is 0.165. The van der Waals surface area contributed by atoms with Gasteiger partial charge >= 0.3 is 0 Å². The second-order valence-corrected chi connectivity index (χ2v) is 10.1. The first-order valence-corrected chi connectivity index (χ1v) is 13.0. The van der Waals surface area contributed by atoms with E-state index in [0.717, 1.165) is 42.3 Å². The van der Waals surface area contributed by atoms with Crippen LogP contribution in [0, 0.1) is 0 Å². The fraction of sp³-hybridized carbons (Fsp3) is 0.231. The predicted octanol–water partition coefficient (Wildman–Crippen LogP) is 3.21. The molecule has 0 aromatic heterocycles. The van der Waals surface area contributed by atoms with Crippen LogP contribution in [-0.2, 0) is 10.0 Å². The third-order valence-corrected chi connectivity index (χ3v) is 7.09. The molecule has 9 heteroatoms. The third-order valence-electron chi connectivity index (χ3n) is 5.48. The number of rotatable bonds is 8. The summed E-state index contributed by atoms with van der Waals surface area (Å²) in [5.41, 5.74) is 3.43. The summed E-state index contributed by atoms with van der Waals surface area (Å²) in [6.07, 6.45) is 1.04. The fourth-order valence-corrected chi connectivity index (χ4v) is 4.93. The maximum Gasteiger partial charge on any atom is 0.251 e. The zero-order chi connectivity index (χ0) is 24.7. The lowest BCUT2D eigenvalue weighted by atomic mass is 10.0.